The van der Waals surface area contributed by atoms with E-state index in [0.29, 0.717) is 6.10 Å². The number of unbranched alkanes of at least 4 members (excludes halogenated alkanes) is 1. The van der Waals surface area contributed by atoms with Gasteiger partial charge in [-0.3, -0.25) is 0 Å². The van der Waals surface area contributed by atoms with Gasteiger partial charge in [0.25, 0.3) is 0 Å². The van der Waals surface area contributed by atoms with Crippen molar-refractivity contribution in [3.05, 3.63) is 29.3 Å². The number of rotatable bonds is 7. The van der Waals surface area contributed by atoms with Crippen molar-refractivity contribution in [2.24, 2.45) is 23.7 Å². The van der Waals surface area contributed by atoms with Gasteiger partial charge in [-0.15, -0.1) is 0 Å². The van der Waals surface area contributed by atoms with Crippen LogP contribution in [0, 0.1) is 23.7 Å². The van der Waals surface area contributed by atoms with Crippen molar-refractivity contribution in [2.45, 2.75) is 90.6 Å². The van der Waals surface area contributed by atoms with Gasteiger partial charge in [0.05, 0.1) is 12.7 Å². The molecule has 2 fully saturated rings. The second kappa shape index (κ2) is 9.65. The smallest absolute Gasteiger partial charge is 0.119 e. The average molecular weight is 385 g/mol. The van der Waals surface area contributed by atoms with Crippen molar-refractivity contribution >= 4 is 0 Å². The second-order valence-corrected chi connectivity index (χ2v) is 9.62. The summed E-state index contributed by atoms with van der Waals surface area (Å²) in [6.45, 7) is 6.06. The summed E-state index contributed by atoms with van der Waals surface area (Å²) in [5.74, 6) is 4.84. The third-order valence-electron chi connectivity index (χ3n) is 7.88. The fourth-order valence-electron chi connectivity index (χ4n) is 6.27. The second-order valence-electron chi connectivity index (χ2n) is 9.62. The largest absolute Gasteiger partial charge is 0.494 e. The maximum absolute atomic E-state index is 6.17. The predicted octanol–water partition coefficient (Wildman–Crippen LogP) is 6.59. The fraction of sp³-hybridized carbons (Fsp3) is 0.769. The molecule has 0 saturated heterocycles. The molecule has 28 heavy (non-hydrogen) atoms. The molecule has 0 N–H and O–H groups in total. The maximum Gasteiger partial charge on any atom is 0.119 e. The molecule has 0 bridgehead atoms. The minimum atomic E-state index is 0.561. The summed E-state index contributed by atoms with van der Waals surface area (Å²) in [4.78, 5) is 0. The van der Waals surface area contributed by atoms with Gasteiger partial charge in [0, 0.05) is 6.61 Å². The number of hydrogen-bond acceptors (Lipinski definition) is 2. The molecule has 1 aromatic rings. The molecule has 0 heterocycles. The molecule has 0 spiro atoms. The molecule has 156 valence electrons. The van der Waals surface area contributed by atoms with Crippen LogP contribution in [0.3, 0.4) is 0 Å². The van der Waals surface area contributed by atoms with Crippen molar-refractivity contribution in [2.75, 3.05) is 13.2 Å². The lowest BCUT2D eigenvalue weighted by atomic mass is 9.62. The Kier molecular flexibility index (Phi) is 6.99. The highest BCUT2D eigenvalue weighted by molar-refractivity contribution is 5.37. The van der Waals surface area contributed by atoms with Crippen molar-refractivity contribution in [3.8, 4) is 5.75 Å². The number of aryl methyl sites for hydroxylation is 1. The third kappa shape index (κ3) is 4.75. The fourth-order valence-corrected chi connectivity index (χ4v) is 6.27. The Balaban J connectivity index is 1.29. The minimum Gasteiger partial charge on any atom is -0.494 e. The molecule has 1 aromatic carbocycles. The summed E-state index contributed by atoms with van der Waals surface area (Å²) >= 11 is 0. The summed E-state index contributed by atoms with van der Waals surface area (Å²) in [7, 11) is 0. The van der Waals surface area contributed by atoms with Crippen LogP contribution < -0.4 is 4.74 Å². The molecule has 5 unspecified atom stereocenters. The summed E-state index contributed by atoms with van der Waals surface area (Å²) in [5, 5.41) is 0. The van der Waals surface area contributed by atoms with Crippen LogP contribution in [0.15, 0.2) is 18.2 Å². The van der Waals surface area contributed by atoms with Gasteiger partial charge in [0.2, 0.25) is 0 Å². The summed E-state index contributed by atoms with van der Waals surface area (Å²) in [6, 6.07) is 6.82. The molecule has 0 aliphatic heterocycles. The van der Waals surface area contributed by atoms with Crippen LogP contribution in [0.5, 0.6) is 5.75 Å². The van der Waals surface area contributed by atoms with E-state index < -0.39 is 0 Å². The van der Waals surface area contributed by atoms with E-state index in [1.165, 1.54) is 70.6 Å². The van der Waals surface area contributed by atoms with Crippen molar-refractivity contribution in [3.63, 3.8) is 0 Å². The van der Waals surface area contributed by atoms with E-state index in [1.807, 2.05) is 0 Å². The van der Waals surface area contributed by atoms with Crippen LogP contribution in [0.1, 0.15) is 82.8 Å². The van der Waals surface area contributed by atoms with E-state index >= 15 is 0 Å². The van der Waals surface area contributed by atoms with E-state index in [9.17, 15) is 0 Å². The van der Waals surface area contributed by atoms with Gasteiger partial charge in [0.1, 0.15) is 5.75 Å². The first kappa shape index (κ1) is 20.3. The summed E-state index contributed by atoms with van der Waals surface area (Å²) in [5.41, 5.74) is 3.13. The quantitative estimate of drug-likeness (QED) is 0.494. The van der Waals surface area contributed by atoms with E-state index in [1.54, 1.807) is 11.1 Å². The number of fused-ring (bicyclic) bond motifs is 2. The van der Waals surface area contributed by atoms with Crippen LogP contribution in [0.2, 0.25) is 0 Å². The Labute approximate surface area is 172 Å². The first-order valence-electron chi connectivity index (χ1n) is 12.1. The van der Waals surface area contributed by atoms with E-state index in [2.05, 4.69) is 32.0 Å². The van der Waals surface area contributed by atoms with Crippen molar-refractivity contribution in [1.29, 1.82) is 0 Å². The first-order valence-corrected chi connectivity index (χ1v) is 12.1. The molecule has 5 atom stereocenters. The SMILES string of the molecule is CCCCOC1CCC2CC(C3CCc4cc(OCC)ccc4C3)CCC2C1. The number of ether oxygens (including phenoxy) is 2. The molecule has 3 aliphatic carbocycles. The number of benzene rings is 1. The molecular formula is C26H40O2. The molecule has 2 saturated carbocycles. The molecule has 0 aromatic heterocycles. The van der Waals surface area contributed by atoms with Gasteiger partial charge in [-0.25, -0.2) is 0 Å². The summed E-state index contributed by atoms with van der Waals surface area (Å²) < 4.78 is 11.9. The van der Waals surface area contributed by atoms with Crippen LogP contribution in [-0.4, -0.2) is 19.3 Å². The van der Waals surface area contributed by atoms with Crippen molar-refractivity contribution < 1.29 is 9.47 Å². The zero-order valence-corrected chi connectivity index (χ0v) is 18.1. The highest BCUT2D eigenvalue weighted by atomic mass is 16.5. The van der Waals surface area contributed by atoms with Gasteiger partial charge in [-0.2, -0.15) is 0 Å². The topological polar surface area (TPSA) is 18.5 Å². The van der Waals surface area contributed by atoms with Crippen LogP contribution in [-0.2, 0) is 17.6 Å². The Hall–Kier alpha value is -1.02. The van der Waals surface area contributed by atoms with Gasteiger partial charge < -0.3 is 9.47 Å². The molecule has 0 radical (unpaired) electrons. The lowest BCUT2D eigenvalue weighted by Crippen LogP contribution is -2.37. The Morgan fingerprint density at radius 1 is 0.857 bits per heavy atom. The molecule has 4 rings (SSSR count). The molecule has 0 amide bonds. The minimum absolute atomic E-state index is 0.561. The first-order chi connectivity index (χ1) is 13.8. The highest BCUT2D eigenvalue weighted by Gasteiger charge is 2.38. The Morgan fingerprint density at radius 2 is 1.64 bits per heavy atom. The van der Waals surface area contributed by atoms with Crippen LogP contribution >= 0.6 is 0 Å². The number of hydrogen-bond donors (Lipinski definition) is 0. The molecule has 3 aliphatic rings. The van der Waals surface area contributed by atoms with Crippen LogP contribution in [0.25, 0.3) is 0 Å². The normalized spacial score (nSPS) is 32.4. The standard InChI is InChI=1S/C26H40O2/c1-3-5-14-28-26-13-11-22-16-20(7-9-24(22)18-26)19-6-8-23-17-25(27-4-2)12-10-21(23)15-19/h10,12,17,19-20,22,24,26H,3-9,11,13-16,18H2,1-2H3. The van der Waals surface area contributed by atoms with E-state index in [4.69, 9.17) is 9.47 Å². The van der Waals surface area contributed by atoms with E-state index in [0.717, 1.165) is 42.6 Å². The van der Waals surface area contributed by atoms with Gasteiger partial charge in [-0.05, 0) is 118 Å². The average Bonchev–Trinajstić information content (AvgIpc) is 2.73. The van der Waals surface area contributed by atoms with Gasteiger partial charge in [0.15, 0.2) is 0 Å². The van der Waals surface area contributed by atoms with Crippen LogP contribution in [0.4, 0.5) is 0 Å². The molecule has 2 nitrogen and oxygen atoms in total. The van der Waals surface area contributed by atoms with Gasteiger partial charge in [-0.1, -0.05) is 19.4 Å². The maximum atomic E-state index is 6.17. The van der Waals surface area contributed by atoms with Crippen molar-refractivity contribution in [1.82, 2.24) is 0 Å². The lowest BCUT2D eigenvalue weighted by Gasteiger charge is -2.45. The summed E-state index contributed by atoms with van der Waals surface area (Å²) in [6.07, 6.45) is 15.4. The van der Waals surface area contributed by atoms with E-state index in [-0.39, 0.29) is 0 Å². The zero-order valence-electron chi connectivity index (χ0n) is 18.1. The lowest BCUT2D eigenvalue weighted by molar-refractivity contribution is -0.0247. The third-order valence-corrected chi connectivity index (χ3v) is 7.88. The highest BCUT2D eigenvalue weighted by Crippen LogP contribution is 2.47. The molecule has 2 heteroatoms. The Bertz CT molecular complexity index is 625. The zero-order chi connectivity index (χ0) is 19.3. The predicted molar refractivity (Wildman–Crippen MR) is 116 cm³/mol. The molecular weight excluding hydrogens is 344 g/mol. The van der Waals surface area contributed by atoms with Gasteiger partial charge >= 0.3 is 0 Å². The Morgan fingerprint density at radius 3 is 2.46 bits per heavy atom. The monoisotopic (exact) mass is 384 g/mol.